The topological polar surface area (TPSA) is 84.5 Å². The molecule has 26 heavy (non-hydrogen) atoms. The average Bonchev–Trinajstić information content (AvgIpc) is 3.04. The van der Waals surface area contributed by atoms with Crippen LogP contribution < -0.4 is 10.6 Å². The number of hydrogen-bond acceptors (Lipinski definition) is 5. The third-order valence-corrected chi connectivity index (χ3v) is 4.36. The number of esters is 1. The van der Waals surface area contributed by atoms with Gasteiger partial charge in [-0.25, -0.2) is 14.0 Å². The highest BCUT2D eigenvalue weighted by molar-refractivity contribution is 7.17. The second kappa shape index (κ2) is 8.57. The van der Waals surface area contributed by atoms with Crippen molar-refractivity contribution in [3.05, 3.63) is 47.1 Å². The molecule has 0 radical (unpaired) electrons. The number of imide groups is 1. The van der Waals surface area contributed by atoms with Crippen LogP contribution >= 0.6 is 11.3 Å². The van der Waals surface area contributed by atoms with Crippen molar-refractivity contribution >= 4 is 29.2 Å². The van der Waals surface area contributed by atoms with Crippen LogP contribution in [0.15, 0.2) is 36.4 Å². The molecule has 1 heterocycles. The molecule has 0 saturated carbocycles. The Hall–Kier alpha value is -2.74. The van der Waals surface area contributed by atoms with Crippen molar-refractivity contribution in [2.75, 3.05) is 0 Å². The van der Waals surface area contributed by atoms with E-state index in [9.17, 15) is 18.8 Å². The second-order valence-electron chi connectivity index (χ2n) is 5.84. The van der Waals surface area contributed by atoms with Crippen LogP contribution in [0.2, 0.25) is 0 Å². The minimum absolute atomic E-state index is 0.128. The third-order valence-electron chi connectivity index (χ3n) is 3.25. The number of thiophene rings is 1. The molecule has 0 unspecified atom stereocenters. The molecule has 0 fully saturated rings. The van der Waals surface area contributed by atoms with Gasteiger partial charge in [-0.15, -0.1) is 11.3 Å². The molecular weight excluding hydrogens is 359 g/mol. The van der Waals surface area contributed by atoms with Gasteiger partial charge in [-0.2, -0.15) is 0 Å². The number of rotatable bonds is 5. The van der Waals surface area contributed by atoms with Gasteiger partial charge >= 0.3 is 12.0 Å². The summed E-state index contributed by atoms with van der Waals surface area (Å²) < 4.78 is 18.1. The number of amides is 3. The molecule has 0 spiro atoms. The van der Waals surface area contributed by atoms with E-state index in [1.807, 2.05) is 0 Å². The number of carbonyl (C=O) groups is 3. The molecule has 0 bridgehead atoms. The summed E-state index contributed by atoms with van der Waals surface area (Å²) in [6.07, 6.45) is -1.13. The summed E-state index contributed by atoms with van der Waals surface area (Å²) in [5.41, 5.74) is 0.770. The Balaban J connectivity index is 1.96. The normalized spacial score (nSPS) is 11.7. The summed E-state index contributed by atoms with van der Waals surface area (Å²) in [6, 6.07) is 8.40. The van der Waals surface area contributed by atoms with Gasteiger partial charge in [-0.1, -0.05) is 12.1 Å². The Kier molecular flexibility index (Phi) is 6.46. The van der Waals surface area contributed by atoms with E-state index in [2.05, 4.69) is 10.6 Å². The third kappa shape index (κ3) is 5.38. The maximum absolute atomic E-state index is 13.0. The molecule has 1 aromatic carbocycles. The van der Waals surface area contributed by atoms with Gasteiger partial charge in [-0.3, -0.25) is 10.1 Å². The molecule has 0 aliphatic carbocycles. The SMILES string of the molecule is CC(C)NC(=O)NC(=O)[C@H](C)OC(=O)c1ccc(-c2ccc(F)cc2)s1. The maximum Gasteiger partial charge on any atom is 0.349 e. The number of nitrogens with one attached hydrogen (secondary N) is 2. The first kappa shape index (κ1) is 19.6. The number of halogens is 1. The number of carbonyl (C=O) groups excluding carboxylic acids is 3. The van der Waals surface area contributed by atoms with Gasteiger partial charge in [-0.05, 0) is 50.6 Å². The summed E-state index contributed by atoms with van der Waals surface area (Å²) in [7, 11) is 0. The van der Waals surface area contributed by atoms with E-state index >= 15 is 0 Å². The molecule has 2 N–H and O–H groups in total. The van der Waals surface area contributed by atoms with E-state index < -0.39 is 24.0 Å². The molecule has 2 aromatic rings. The highest BCUT2D eigenvalue weighted by Crippen LogP contribution is 2.28. The zero-order valence-corrected chi connectivity index (χ0v) is 15.4. The van der Waals surface area contributed by atoms with Gasteiger partial charge in [0.05, 0.1) is 0 Å². The molecule has 0 aliphatic rings. The van der Waals surface area contributed by atoms with E-state index in [4.69, 9.17) is 4.74 Å². The molecule has 8 heteroatoms. The summed E-state index contributed by atoms with van der Waals surface area (Å²) in [6.45, 7) is 4.89. The van der Waals surface area contributed by atoms with E-state index in [1.54, 1.807) is 38.1 Å². The van der Waals surface area contributed by atoms with Crippen molar-refractivity contribution in [2.24, 2.45) is 0 Å². The van der Waals surface area contributed by atoms with E-state index in [0.29, 0.717) is 4.88 Å². The van der Waals surface area contributed by atoms with Crippen molar-refractivity contribution in [1.29, 1.82) is 0 Å². The van der Waals surface area contributed by atoms with Crippen molar-refractivity contribution < 1.29 is 23.5 Å². The lowest BCUT2D eigenvalue weighted by molar-refractivity contribution is -0.127. The molecule has 0 saturated heterocycles. The standard InChI is InChI=1S/C18H19FN2O4S/c1-10(2)20-18(24)21-16(22)11(3)25-17(23)15-9-8-14(26-15)12-4-6-13(19)7-5-12/h4-11H,1-3H3,(H2,20,21,22,24)/t11-/m0/s1. The lowest BCUT2D eigenvalue weighted by Crippen LogP contribution is -2.46. The monoisotopic (exact) mass is 378 g/mol. The fourth-order valence-corrected chi connectivity index (χ4v) is 2.90. The Bertz CT molecular complexity index is 802. The molecule has 2 rings (SSSR count). The first-order valence-electron chi connectivity index (χ1n) is 7.94. The number of urea groups is 1. The molecule has 138 valence electrons. The van der Waals surface area contributed by atoms with Crippen LogP contribution in [-0.2, 0) is 9.53 Å². The van der Waals surface area contributed by atoms with Crippen LogP contribution in [0.4, 0.5) is 9.18 Å². The Labute approximate surface area is 154 Å². The van der Waals surface area contributed by atoms with Crippen molar-refractivity contribution in [1.82, 2.24) is 10.6 Å². The Morgan fingerprint density at radius 3 is 2.31 bits per heavy atom. The molecule has 1 aromatic heterocycles. The minimum atomic E-state index is -1.13. The van der Waals surface area contributed by atoms with Crippen molar-refractivity contribution in [2.45, 2.75) is 32.9 Å². The molecule has 0 aliphatic heterocycles. The second-order valence-corrected chi connectivity index (χ2v) is 6.92. The number of hydrogen-bond donors (Lipinski definition) is 2. The highest BCUT2D eigenvalue weighted by Gasteiger charge is 2.22. The maximum atomic E-state index is 13.0. The lowest BCUT2D eigenvalue weighted by atomic mass is 10.2. The molecular formula is C18H19FN2O4S. The van der Waals surface area contributed by atoms with Gasteiger partial charge in [0.25, 0.3) is 5.91 Å². The number of ether oxygens (including phenoxy) is 1. The largest absolute Gasteiger partial charge is 0.448 e. The van der Waals surface area contributed by atoms with Gasteiger partial charge in [0, 0.05) is 10.9 Å². The summed E-state index contributed by atoms with van der Waals surface area (Å²) in [5, 5.41) is 4.61. The zero-order valence-electron chi connectivity index (χ0n) is 14.5. The van der Waals surface area contributed by atoms with E-state index in [1.165, 1.54) is 30.4 Å². The fraction of sp³-hybridized carbons (Fsp3) is 0.278. The molecule has 1 atom stereocenters. The van der Waals surface area contributed by atoms with Crippen molar-refractivity contribution in [3.63, 3.8) is 0 Å². The summed E-state index contributed by atoms with van der Waals surface area (Å²) >= 11 is 1.17. The smallest absolute Gasteiger partial charge is 0.349 e. The van der Waals surface area contributed by atoms with Crippen LogP contribution in [0, 0.1) is 5.82 Å². The Morgan fingerprint density at radius 1 is 1.04 bits per heavy atom. The Morgan fingerprint density at radius 2 is 1.69 bits per heavy atom. The first-order chi connectivity index (χ1) is 12.3. The minimum Gasteiger partial charge on any atom is -0.448 e. The summed E-state index contributed by atoms with van der Waals surface area (Å²) in [5.74, 6) is -1.73. The van der Waals surface area contributed by atoms with Crippen LogP contribution in [0.5, 0.6) is 0 Å². The van der Waals surface area contributed by atoms with Crippen LogP contribution in [0.25, 0.3) is 10.4 Å². The van der Waals surface area contributed by atoms with Gasteiger partial charge < -0.3 is 10.1 Å². The van der Waals surface area contributed by atoms with E-state index in [0.717, 1.165) is 10.4 Å². The first-order valence-corrected chi connectivity index (χ1v) is 8.76. The van der Waals surface area contributed by atoms with E-state index in [-0.39, 0.29) is 11.9 Å². The van der Waals surface area contributed by atoms with Crippen molar-refractivity contribution in [3.8, 4) is 10.4 Å². The fourth-order valence-electron chi connectivity index (χ4n) is 2.00. The molecule has 6 nitrogen and oxygen atoms in total. The number of benzene rings is 1. The van der Waals surface area contributed by atoms with Gasteiger partial charge in [0.15, 0.2) is 6.10 Å². The lowest BCUT2D eigenvalue weighted by Gasteiger charge is -2.13. The average molecular weight is 378 g/mol. The van der Waals surface area contributed by atoms with Gasteiger partial charge in [0.2, 0.25) is 0 Å². The predicted molar refractivity (Wildman–Crippen MR) is 96.4 cm³/mol. The molecule has 3 amide bonds. The van der Waals surface area contributed by atoms with Crippen LogP contribution in [0.1, 0.15) is 30.4 Å². The predicted octanol–water partition coefficient (Wildman–Crippen LogP) is 3.33. The highest BCUT2D eigenvalue weighted by atomic mass is 32.1. The zero-order chi connectivity index (χ0) is 19.3. The quantitative estimate of drug-likeness (QED) is 0.782. The summed E-state index contributed by atoms with van der Waals surface area (Å²) in [4.78, 5) is 36.6. The van der Waals surface area contributed by atoms with Gasteiger partial charge in [0.1, 0.15) is 10.7 Å². The van der Waals surface area contributed by atoms with Crippen LogP contribution in [-0.4, -0.2) is 30.1 Å². The van der Waals surface area contributed by atoms with Crippen LogP contribution in [0.3, 0.4) is 0 Å².